The first-order valence-electron chi connectivity index (χ1n) is 2.88. The Morgan fingerprint density at radius 3 is 2.70 bits per heavy atom. The van der Waals surface area contributed by atoms with Gasteiger partial charge in [-0.1, -0.05) is 0 Å². The van der Waals surface area contributed by atoms with E-state index in [0.29, 0.717) is 0 Å². The van der Waals surface area contributed by atoms with Gasteiger partial charge in [0.1, 0.15) is 0 Å². The fraction of sp³-hybridized carbons (Fsp3) is 0.800. The van der Waals surface area contributed by atoms with Crippen molar-refractivity contribution in [1.29, 1.82) is 0 Å². The number of carboxylic acid groups (broad SMARTS) is 1. The summed E-state index contributed by atoms with van der Waals surface area (Å²) < 4.78 is 4.85. The molecule has 2 atom stereocenters. The zero-order chi connectivity index (χ0) is 7.56. The predicted molar refractivity (Wildman–Crippen MR) is 28.8 cm³/mol. The van der Waals surface area contributed by atoms with Crippen molar-refractivity contribution in [2.75, 3.05) is 0 Å². The van der Waals surface area contributed by atoms with Crippen molar-refractivity contribution in [1.82, 2.24) is 0 Å². The summed E-state index contributed by atoms with van der Waals surface area (Å²) in [6.45, 7) is 1.63. The monoisotopic (exact) mass is 148 g/mol. The summed E-state index contributed by atoms with van der Waals surface area (Å²) in [5, 5.41) is 8.24. The number of hydrogen-bond donors (Lipinski definition) is 1. The van der Waals surface area contributed by atoms with Crippen LogP contribution in [0, 0.1) is 0 Å². The van der Waals surface area contributed by atoms with Crippen LogP contribution in [0.4, 0.5) is 0 Å². The van der Waals surface area contributed by atoms with E-state index in [1.54, 1.807) is 6.92 Å². The molecule has 1 heterocycles. The van der Waals surface area contributed by atoms with Gasteiger partial charge in [-0.05, 0) is 6.92 Å². The molecule has 0 amide bonds. The summed E-state index contributed by atoms with van der Waals surface area (Å²) >= 11 is 0. The van der Waals surface area contributed by atoms with E-state index in [9.17, 15) is 4.79 Å². The van der Waals surface area contributed by atoms with Gasteiger partial charge in [0.05, 0.1) is 6.42 Å². The van der Waals surface area contributed by atoms with Gasteiger partial charge in [-0.3, -0.25) is 4.79 Å². The maximum atomic E-state index is 10.0. The molecule has 10 heavy (non-hydrogen) atoms. The van der Waals surface area contributed by atoms with Crippen LogP contribution in [-0.2, 0) is 19.3 Å². The van der Waals surface area contributed by atoms with Gasteiger partial charge in [0.2, 0.25) is 6.29 Å². The lowest BCUT2D eigenvalue weighted by molar-refractivity contribution is -0.293. The molecular weight excluding hydrogens is 140 g/mol. The summed E-state index contributed by atoms with van der Waals surface area (Å²) in [6.07, 6.45) is -1.42. The van der Waals surface area contributed by atoms with E-state index < -0.39 is 18.5 Å². The molecule has 5 nitrogen and oxygen atoms in total. The average Bonchev–Trinajstić information content (AvgIpc) is 2.13. The number of ether oxygens (including phenoxy) is 1. The zero-order valence-electron chi connectivity index (χ0n) is 5.44. The van der Waals surface area contributed by atoms with Crippen LogP contribution < -0.4 is 0 Å². The highest BCUT2D eigenvalue weighted by molar-refractivity contribution is 5.67. The standard InChI is InChI=1S/C5H8O5/c1-3-8-5(10-9-3)2-4(6)7/h3,5H,2H2,1H3,(H,6,7). The minimum atomic E-state index is -0.970. The smallest absolute Gasteiger partial charge is 0.308 e. The van der Waals surface area contributed by atoms with Crippen molar-refractivity contribution >= 4 is 5.97 Å². The van der Waals surface area contributed by atoms with Crippen molar-refractivity contribution in [3.63, 3.8) is 0 Å². The number of carbonyl (C=O) groups is 1. The summed E-state index contributed by atoms with van der Waals surface area (Å²) in [6, 6.07) is 0. The molecular formula is C5H8O5. The first-order valence-corrected chi connectivity index (χ1v) is 2.88. The first-order chi connectivity index (χ1) is 4.68. The largest absolute Gasteiger partial charge is 0.481 e. The van der Waals surface area contributed by atoms with Gasteiger partial charge in [0, 0.05) is 0 Å². The van der Waals surface area contributed by atoms with Gasteiger partial charge in [0.15, 0.2) is 6.29 Å². The molecule has 0 radical (unpaired) electrons. The topological polar surface area (TPSA) is 65.0 Å². The van der Waals surface area contributed by atoms with Gasteiger partial charge in [-0.25, -0.2) is 9.78 Å². The lowest BCUT2D eigenvalue weighted by Gasteiger charge is -2.00. The molecule has 1 N–H and O–H groups in total. The maximum Gasteiger partial charge on any atom is 0.308 e. The molecule has 1 aliphatic heterocycles. The van der Waals surface area contributed by atoms with Crippen molar-refractivity contribution in [2.45, 2.75) is 25.9 Å². The summed E-state index contributed by atoms with van der Waals surface area (Å²) in [7, 11) is 0. The van der Waals surface area contributed by atoms with Gasteiger partial charge in [0.25, 0.3) is 0 Å². The summed E-state index contributed by atoms with van der Waals surface area (Å²) in [5.74, 6) is -0.970. The molecule has 1 saturated heterocycles. The Bertz CT molecular complexity index is 134. The molecule has 2 unspecified atom stereocenters. The van der Waals surface area contributed by atoms with E-state index in [1.165, 1.54) is 0 Å². The van der Waals surface area contributed by atoms with Crippen LogP contribution in [0.25, 0.3) is 0 Å². The van der Waals surface area contributed by atoms with Crippen molar-refractivity contribution in [3.05, 3.63) is 0 Å². The molecule has 1 aliphatic rings. The molecule has 0 aromatic rings. The van der Waals surface area contributed by atoms with Gasteiger partial charge in [-0.15, -0.1) is 0 Å². The normalized spacial score (nSPS) is 32.5. The van der Waals surface area contributed by atoms with Gasteiger partial charge >= 0.3 is 5.97 Å². The number of aliphatic carboxylic acids is 1. The second kappa shape index (κ2) is 2.96. The average molecular weight is 148 g/mol. The number of rotatable bonds is 2. The molecule has 0 aromatic carbocycles. The minimum absolute atomic E-state index is 0.190. The van der Waals surface area contributed by atoms with Crippen molar-refractivity contribution in [3.8, 4) is 0 Å². The van der Waals surface area contributed by atoms with Crippen LogP contribution in [0.1, 0.15) is 13.3 Å². The van der Waals surface area contributed by atoms with Crippen LogP contribution in [0.15, 0.2) is 0 Å². The lowest BCUT2D eigenvalue weighted by atomic mass is 10.4. The van der Waals surface area contributed by atoms with E-state index in [2.05, 4.69) is 9.78 Å². The highest BCUT2D eigenvalue weighted by Crippen LogP contribution is 2.14. The molecule has 1 fully saturated rings. The van der Waals surface area contributed by atoms with Crippen molar-refractivity contribution < 1.29 is 24.4 Å². The Kier molecular flexibility index (Phi) is 2.21. The number of carboxylic acids is 1. The van der Waals surface area contributed by atoms with Gasteiger partial charge in [-0.2, -0.15) is 0 Å². The fourth-order valence-electron chi connectivity index (χ4n) is 0.624. The molecule has 1 rings (SSSR count). The highest BCUT2D eigenvalue weighted by Gasteiger charge is 2.26. The lowest BCUT2D eigenvalue weighted by Crippen LogP contribution is -2.14. The van der Waals surface area contributed by atoms with E-state index in [0.717, 1.165) is 0 Å². The Balaban J connectivity index is 2.24. The van der Waals surface area contributed by atoms with E-state index >= 15 is 0 Å². The van der Waals surface area contributed by atoms with Crippen LogP contribution in [0.5, 0.6) is 0 Å². The van der Waals surface area contributed by atoms with Gasteiger partial charge < -0.3 is 9.84 Å². The molecule has 0 bridgehead atoms. The third kappa shape index (κ3) is 1.94. The fourth-order valence-corrected chi connectivity index (χ4v) is 0.624. The highest BCUT2D eigenvalue weighted by atomic mass is 17.3. The minimum Gasteiger partial charge on any atom is -0.481 e. The molecule has 58 valence electrons. The van der Waals surface area contributed by atoms with Crippen LogP contribution >= 0.6 is 0 Å². The molecule has 5 heteroatoms. The van der Waals surface area contributed by atoms with Crippen LogP contribution in [-0.4, -0.2) is 23.7 Å². The Morgan fingerprint density at radius 1 is 1.60 bits per heavy atom. The second-order valence-corrected chi connectivity index (χ2v) is 1.92. The maximum absolute atomic E-state index is 10.0. The predicted octanol–water partition coefficient (Wildman–Crippen LogP) is 0.112. The number of hydrogen-bond acceptors (Lipinski definition) is 4. The van der Waals surface area contributed by atoms with Crippen LogP contribution in [0.3, 0.4) is 0 Å². The summed E-state index contributed by atoms with van der Waals surface area (Å²) in [4.78, 5) is 19.0. The van der Waals surface area contributed by atoms with E-state index in [4.69, 9.17) is 9.84 Å². The molecule has 0 aliphatic carbocycles. The third-order valence-electron chi connectivity index (χ3n) is 0.983. The quantitative estimate of drug-likeness (QED) is 0.563. The SMILES string of the molecule is CC1OOC(CC(=O)O)O1. The third-order valence-corrected chi connectivity index (χ3v) is 0.983. The van der Waals surface area contributed by atoms with E-state index in [-0.39, 0.29) is 6.42 Å². The van der Waals surface area contributed by atoms with E-state index in [1.807, 2.05) is 0 Å². The summed E-state index contributed by atoms with van der Waals surface area (Å²) in [5.41, 5.74) is 0. The molecule has 0 spiro atoms. The molecule has 0 saturated carbocycles. The second-order valence-electron chi connectivity index (χ2n) is 1.92. The zero-order valence-corrected chi connectivity index (χ0v) is 5.44. The molecule has 0 aromatic heterocycles. The first kappa shape index (κ1) is 7.46. The van der Waals surface area contributed by atoms with Crippen LogP contribution in [0.2, 0.25) is 0 Å². The Hall–Kier alpha value is -0.650. The Morgan fingerprint density at radius 2 is 2.30 bits per heavy atom. The van der Waals surface area contributed by atoms with Crippen molar-refractivity contribution in [2.24, 2.45) is 0 Å². The Labute approximate surface area is 57.4 Å².